The molecule has 0 saturated carbocycles. The molecule has 0 aliphatic rings. The van der Waals surface area contributed by atoms with Gasteiger partial charge in [0.2, 0.25) is 0 Å². The molecule has 1 N–H and O–H groups in total. The molecule has 17 heavy (non-hydrogen) atoms. The fraction of sp³-hybridized carbons (Fsp3) is 0.900. The Morgan fingerprint density at radius 1 is 1.35 bits per heavy atom. The van der Waals surface area contributed by atoms with E-state index in [0.717, 1.165) is 12.3 Å². The molecule has 0 bridgehead atoms. The average molecular weight is 298 g/mol. The highest BCUT2D eigenvalue weighted by molar-refractivity contribution is 8.99. The molecule has 0 aliphatic heterocycles. The first-order chi connectivity index (χ1) is 7.89. The minimum atomic E-state index is -2.84. The Morgan fingerprint density at radius 3 is 2.47 bits per heavy atom. The summed E-state index contributed by atoms with van der Waals surface area (Å²) in [4.78, 5) is 4.14. The van der Waals surface area contributed by atoms with Crippen molar-refractivity contribution in [2.24, 2.45) is 16.8 Å². The van der Waals surface area contributed by atoms with Gasteiger partial charge in [0.15, 0.2) is 0 Å². The minimum absolute atomic E-state index is 0.498. The number of hydrogen-bond donors (Lipinski definition) is 1. The zero-order valence-electron chi connectivity index (χ0n) is 11.2. The Bertz CT molecular complexity index is 273. The molecule has 102 valence electrons. The second-order valence-electron chi connectivity index (χ2n) is 4.45. The van der Waals surface area contributed by atoms with E-state index in [0.29, 0.717) is 11.8 Å². The molecule has 0 spiro atoms. The fourth-order valence-corrected chi connectivity index (χ4v) is 6.22. The largest absolute Gasteiger partial charge is 0.361 e. The summed E-state index contributed by atoms with van der Waals surface area (Å²) in [5.74, 6) is 2.02. The van der Waals surface area contributed by atoms with E-state index in [1.807, 2.05) is 0 Å². The molecular formula is C10H23N2O2PS2. The fourth-order valence-electron chi connectivity index (χ4n) is 0.716. The first-order valence-corrected chi connectivity index (χ1v) is 10.2. The maximum Gasteiger partial charge on any atom is 0.361 e. The van der Waals surface area contributed by atoms with Crippen LogP contribution in [0.5, 0.6) is 0 Å². The molecule has 0 fully saturated rings. The zero-order valence-corrected chi connectivity index (χ0v) is 13.7. The van der Waals surface area contributed by atoms with Gasteiger partial charge >= 0.3 is 6.72 Å². The molecule has 7 heteroatoms. The van der Waals surface area contributed by atoms with Crippen LogP contribution in [0, 0.1) is 11.8 Å². The highest BCUT2D eigenvalue weighted by Crippen LogP contribution is 2.60. The topological polar surface area (TPSA) is 50.7 Å². The minimum Gasteiger partial charge on any atom is -0.309 e. The number of nitrogens with zero attached hydrogens (tertiary/aromatic N) is 1. The highest BCUT2D eigenvalue weighted by Gasteiger charge is 2.21. The first kappa shape index (κ1) is 17.4. The third-order valence-corrected chi connectivity index (χ3v) is 8.38. The van der Waals surface area contributed by atoms with E-state index >= 15 is 0 Å². The molecule has 1 unspecified atom stereocenters. The van der Waals surface area contributed by atoms with Crippen molar-refractivity contribution in [3.8, 4) is 0 Å². The van der Waals surface area contributed by atoms with E-state index in [-0.39, 0.29) is 0 Å². The van der Waals surface area contributed by atoms with Crippen LogP contribution in [-0.2, 0) is 9.09 Å². The third kappa shape index (κ3) is 10.0. The SMILES string of the molecule is COP(=O)(NC=NCC(C)C)SSCC(C)C. The molecule has 0 aromatic carbocycles. The van der Waals surface area contributed by atoms with E-state index in [2.05, 4.69) is 37.8 Å². The Labute approximate surface area is 112 Å². The van der Waals surface area contributed by atoms with E-state index in [9.17, 15) is 4.57 Å². The van der Waals surface area contributed by atoms with Crippen LogP contribution in [-0.4, -0.2) is 25.7 Å². The van der Waals surface area contributed by atoms with Gasteiger partial charge in [0, 0.05) is 29.8 Å². The molecule has 0 aromatic rings. The van der Waals surface area contributed by atoms with Gasteiger partial charge < -0.3 is 4.52 Å². The van der Waals surface area contributed by atoms with Gasteiger partial charge in [-0.05, 0) is 11.8 Å². The van der Waals surface area contributed by atoms with Crippen LogP contribution < -0.4 is 5.09 Å². The summed E-state index contributed by atoms with van der Waals surface area (Å²) in [5.41, 5.74) is 0. The van der Waals surface area contributed by atoms with Crippen LogP contribution in [0.1, 0.15) is 27.7 Å². The second kappa shape index (κ2) is 9.31. The van der Waals surface area contributed by atoms with Crippen LogP contribution in [0.3, 0.4) is 0 Å². The summed E-state index contributed by atoms with van der Waals surface area (Å²) in [6.07, 6.45) is 1.49. The lowest BCUT2D eigenvalue weighted by Gasteiger charge is -2.14. The summed E-state index contributed by atoms with van der Waals surface area (Å²) in [6.45, 7) is 6.31. The Morgan fingerprint density at radius 2 is 2.00 bits per heavy atom. The predicted octanol–water partition coefficient (Wildman–Crippen LogP) is 4.05. The normalized spacial score (nSPS) is 15.7. The highest BCUT2D eigenvalue weighted by atomic mass is 33.3. The smallest absolute Gasteiger partial charge is 0.309 e. The lowest BCUT2D eigenvalue weighted by atomic mass is 10.2. The van der Waals surface area contributed by atoms with Gasteiger partial charge in [0.05, 0.1) is 6.34 Å². The van der Waals surface area contributed by atoms with Gasteiger partial charge in [-0.2, -0.15) is 0 Å². The van der Waals surface area contributed by atoms with Crippen molar-refractivity contribution in [1.29, 1.82) is 0 Å². The summed E-state index contributed by atoms with van der Waals surface area (Å²) in [5, 5.41) is 2.76. The van der Waals surface area contributed by atoms with Gasteiger partial charge in [0.1, 0.15) is 0 Å². The molecule has 1 atom stereocenters. The van der Waals surface area contributed by atoms with Gasteiger partial charge in [-0.25, -0.2) is 0 Å². The maximum absolute atomic E-state index is 12.1. The van der Waals surface area contributed by atoms with Crippen LogP contribution in [0.15, 0.2) is 4.99 Å². The molecule has 0 heterocycles. The van der Waals surface area contributed by atoms with Crippen molar-refractivity contribution >= 4 is 34.3 Å². The molecule has 0 aliphatic carbocycles. The average Bonchev–Trinajstić information content (AvgIpc) is 2.24. The lowest BCUT2D eigenvalue weighted by Crippen LogP contribution is -2.07. The van der Waals surface area contributed by atoms with E-state index in [4.69, 9.17) is 4.52 Å². The Kier molecular flexibility index (Phi) is 9.51. The van der Waals surface area contributed by atoms with E-state index < -0.39 is 6.72 Å². The van der Waals surface area contributed by atoms with Gasteiger partial charge in [-0.15, -0.1) is 0 Å². The van der Waals surface area contributed by atoms with Crippen molar-refractivity contribution in [3.05, 3.63) is 0 Å². The second-order valence-corrected chi connectivity index (χ2v) is 10.7. The first-order valence-electron chi connectivity index (χ1n) is 5.62. The molecule has 0 rings (SSSR count). The van der Waals surface area contributed by atoms with Crippen LogP contribution in [0.4, 0.5) is 0 Å². The summed E-state index contributed by atoms with van der Waals surface area (Å²) < 4.78 is 17.1. The number of rotatable bonds is 9. The van der Waals surface area contributed by atoms with Crippen molar-refractivity contribution in [2.45, 2.75) is 27.7 Å². The van der Waals surface area contributed by atoms with Gasteiger partial charge in [0.25, 0.3) is 0 Å². The number of hydrogen-bond acceptors (Lipinski definition) is 5. The van der Waals surface area contributed by atoms with Crippen LogP contribution >= 0.6 is 27.9 Å². The molecule has 0 radical (unpaired) electrons. The zero-order chi connectivity index (χ0) is 13.3. The third-order valence-electron chi connectivity index (χ3n) is 1.57. The van der Waals surface area contributed by atoms with E-state index in [1.54, 1.807) is 10.8 Å². The maximum atomic E-state index is 12.1. The number of nitrogens with one attached hydrogen (secondary N) is 1. The van der Waals surface area contributed by atoms with Crippen molar-refractivity contribution < 1.29 is 9.09 Å². The summed E-state index contributed by atoms with van der Waals surface area (Å²) >= 11 is 0. The molecule has 4 nitrogen and oxygen atoms in total. The molecule has 0 saturated heterocycles. The monoisotopic (exact) mass is 298 g/mol. The number of aliphatic imine (C=N–C) groups is 1. The van der Waals surface area contributed by atoms with Gasteiger partial charge in [-0.1, -0.05) is 38.5 Å². The van der Waals surface area contributed by atoms with Crippen LogP contribution in [0.2, 0.25) is 0 Å². The standard InChI is InChI=1S/C10H23N2O2PS2/c1-9(2)6-11-8-12-15(13,14-5)17-16-7-10(3)4/h8-10H,6-7H2,1-5H3,(H,11,12,13). The van der Waals surface area contributed by atoms with Crippen molar-refractivity contribution in [1.82, 2.24) is 5.09 Å². The van der Waals surface area contributed by atoms with Crippen molar-refractivity contribution in [2.75, 3.05) is 19.4 Å². The quantitative estimate of drug-likeness (QED) is 0.301. The molecule has 0 amide bonds. The lowest BCUT2D eigenvalue weighted by molar-refractivity contribution is 0.406. The molecule has 0 aromatic heterocycles. The Hall–Kier alpha value is 0.360. The Balaban J connectivity index is 4.01. The summed E-state index contributed by atoms with van der Waals surface area (Å²) in [7, 11) is 4.27. The van der Waals surface area contributed by atoms with Gasteiger partial charge in [-0.3, -0.25) is 14.6 Å². The predicted molar refractivity (Wildman–Crippen MR) is 80.8 cm³/mol. The van der Waals surface area contributed by atoms with E-state index in [1.165, 1.54) is 23.9 Å². The van der Waals surface area contributed by atoms with Crippen LogP contribution in [0.25, 0.3) is 0 Å². The summed E-state index contributed by atoms with van der Waals surface area (Å²) in [6, 6.07) is 0. The molecular weight excluding hydrogens is 275 g/mol. The van der Waals surface area contributed by atoms with Crippen molar-refractivity contribution in [3.63, 3.8) is 0 Å².